The minimum atomic E-state index is -3.85. The van der Waals surface area contributed by atoms with Gasteiger partial charge >= 0.3 is 0 Å². The molecule has 0 aliphatic heterocycles. The van der Waals surface area contributed by atoms with Gasteiger partial charge in [-0.2, -0.15) is 5.10 Å². The molecule has 4 rings (SSSR count). The Morgan fingerprint density at radius 1 is 1.14 bits per heavy atom. The smallest absolute Gasteiger partial charge is 0.246 e. The van der Waals surface area contributed by atoms with E-state index < -0.39 is 20.5 Å². The van der Waals surface area contributed by atoms with Crippen molar-refractivity contribution in [3.8, 4) is 0 Å². The predicted octanol–water partition coefficient (Wildman–Crippen LogP) is 3.90. The van der Waals surface area contributed by atoms with Gasteiger partial charge in [0.15, 0.2) is 14.6 Å². The van der Waals surface area contributed by atoms with E-state index in [9.17, 15) is 13.2 Å². The lowest BCUT2D eigenvalue weighted by molar-refractivity contribution is -0.118. The van der Waals surface area contributed by atoms with E-state index in [2.05, 4.69) is 15.5 Å². The maximum atomic E-state index is 13.7. The third-order valence-corrected chi connectivity index (χ3v) is 8.34. The van der Waals surface area contributed by atoms with Crippen LogP contribution in [0.5, 0.6) is 0 Å². The van der Waals surface area contributed by atoms with Crippen molar-refractivity contribution in [2.45, 2.75) is 49.2 Å². The highest BCUT2D eigenvalue weighted by molar-refractivity contribution is 7.93. The van der Waals surface area contributed by atoms with Crippen LogP contribution in [0, 0.1) is 13.8 Å². The summed E-state index contributed by atoms with van der Waals surface area (Å²) in [5.41, 5.74) is 2.76. The lowest BCUT2D eigenvalue weighted by Gasteiger charge is -2.28. The summed E-state index contributed by atoms with van der Waals surface area (Å²) < 4.78 is 25.9. The molecule has 0 saturated heterocycles. The molecule has 0 unspecified atom stereocenters. The second-order valence-corrected chi connectivity index (χ2v) is 9.80. The number of amides is 1. The van der Waals surface area contributed by atoms with Gasteiger partial charge in [-0.1, -0.05) is 37.1 Å². The molecule has 0 bridgehead atoms. The summed E-state index contributed by atoms with van der Waals surface area (Å²) in [6.07, 6.45) is 3.75. The maximum Gasteiger partial charge on any atom is 0.246 e. The minimum Gasteiger partial charge on any atom is -0.323 e. The molecule has 28 heavy (non-hydrogen) atoms. The summed E-state index contributed by atoms with van der Waals surface area (Å²) in [5.74, 6) is -0.465. The molecule has 2 N–H and O–H groups in total. The van der Waals surface area contributed by atoms with Gasteiger partial charge in [0.2, 0.25) is 5.91 Å². The molecule has 0 atom stereocenters. The van der Waals surface area contributed by atoms with Gasteiger partial charge in [0.25, 0.3) is 0 Å². The van der Waals surface area contributed by atoms with Crippen LogP contribution in [0.2, 0.25) is 0 Å². The first kappa shape index (κ1) is 18.7. The second kappa shape index (κ2) is 6.74. The number of sulfone groups is 1. The monoisotopic (exact) mass is 397 g/mol. The number of anilines is 1. The van der Waals surface area contributed by atoms with Gasteiger partial charge in [-0.3, -0.25) is 9.89 Å². The maximum absolute atomic E-state index is 13.7. The highest BCUT2D eigenvalue weighted by Gasteiger charge is 2.53. The van der Waals surface area contributed by atoms with Gasteiger partial charge in [0.05, 0.1) is 22.3 Å². The lowest BCUT2D eigenvalue weighted by Crippen LogP contribution is -2.47. The molecule has 146 valence electrons. The number of rotatable bonds is 4. The third-order valence-electron chi connectivity index (χ3n) is 5.70. The molecule has 2 aromatic carbocycles. The second-order valence-electron chi connectivity index (χ2n) is 7.57. The average Bonchev–Trinajstić information content (AvgIpc) is 3.34. The number of benzene rings is 2. The Hall–Kier alpha value is -2.67. The van der Waals surface area contributed by atoms with Crippen molar-refractivity contribution >= 4 is 32.3 Å². The standard InChI is InChI=1S/C21H23N3O3S/c1-14-8-9-15(2)18(12-14)28(26,27)21(10-3-4-11-21)20(25)23-17-7-5-6-16-13-22-24-19(16)17/h5-9,12-13H,3-4,10-11H2,1-2H3,(H,22,24)(H,23,25). The van der Waals surface area contributed by atoms with E-state index in [1.54, 1.807) is 31.3 Å². The van der Waals surface area contributed by atoms with Crippen LogP contribution in [0.15, 0.2) is 47.5 Å². The topological polar surface area (TPSA) is 91.9 Å². The summed E-state index contributed by atoms with van der Waals surface area (Å²) in [6, 6.07) is 10.8. The molecule has 1 saturated carbocycles. The SMILES string of the molecule is Cc1ccc(C)c(S(=O)(=O)C2(C(=O)Nc3cccc4cn[nH]c34)CCCC2)c1. The highest BCUT2D eigenvalue weighted by Crippen LogP contribution is 2.42. The van der Waals surface area contributed by atoms with Crippen LogP contribution in [-0.4, -0.2) is 29.3 Å². The number of aryl methyl sites for hydroxylation is 2. The van der Waals surface area contributed by atoms with E-state index in [4.69, 9.17) is 0 Å². The normalized spacial score (nSPS) is 16.4. The Kier molecular flexibility index (Phi) is 4.50. The number of carbonyl (C=O) groups is 1. The van der Waals surface area contributed by atoms with Gasteiger partial charge < -0.3 is 5.32 Å². The zero-order valence-corrected chi connectivity index (χ0v) is 16.8. The van der Waals surface area contributed by atoms with Crippen molar-refractivity contribution in [3.63, 3.8) is 0 Å². The van der Waals surface area contributed by atoms with Gasteiger partial charge in [-0.05, 0) is 49.9 Å². The van der Waals surface area contributed by atoms with Crippen molar-refractivity contribution in [2.75, 3.05) is 5.32 Å². The summed E-state index contributed by atoms with van der Waals surface area (Å²) in [4.78, 5) is 13.6. The molecule has 0 radical (unpaired) electrons. The number of nitrogens with one attached hydrogen (secondary N) is 2. The Balaban J connectivity index is 1.78. The molecule has 1 fully saturated rings. The van der Waals surface area contributed by atoms with E-state index in [0.29, 0.717) is 42.5 Å². The number of carbonyl (C=O) groups excluding carboxylic acids is 1. The fourth-order valence-corrected chi connectivity index (χ4v) is 6.46. The quantitative estimate of drug-likeness (QED) is 0.698. The van der Waals surface area contributed by atoms with Crippen LogP contribution in [0.1, 0.15) is 36.8 Å². The summed E-state index contributed by atoms with van der Waals surface area (Å²) >= 11 is 0. The molecule has 3 aromatic rings. The van der Waals surface area contributed by atoms with Gasteiger partial charge in [0.1, 0.15) is 0 Å². The number of fused-ring (bicyclic) bond motifs is 1. The summed E-state index contributed by atoms with van der Waals surface area (Å²) in [6.45, 7) is 3.64. The molecule has 1 heterocycles. The van der Waals surface area contributed by atoms with Crippen LogP contribution in [0.3, 0.4) is 0 Å². The molecule has 6 nitrogen and oxygen atoms in total. The number of aromatic nitrogens is 2. The van der Waals surface area contributed by atoms with E-state index in [-0.39, 0.29) is 4.90 Å². The van der Waals surface area contributed by atoms with Gasteiger partial charge in [-0.25, -0.2) is 8.42 Å². The van der Waals surface area contributed by atoms with Crippen molar-refractivity contribution in [1.82, 2.24) is 10.2 Å². The van der Waals surface area contributed by atoms with Crippen molar-refractivity contribution in [3.05, 3.63) is 53.7 Å². The third kappa shape index (κ3) is 2.81. The minimum absolute atomic E-state index is 0.254. The lowest BCUT2D eigenvalue weighted by atomic mass is 10.1. The molecule has 1 amide bonds. The number of nitrogens with zero attached hydrogens (tertiary/aromatic N) is 1. The Morgan fingerprint density at radius 3 is 2.64 bits per heavy atom. The average molecular weight is 398 g/mol. The number of aromatic amines is 1. The fourth-order valence-electron chi connectivity index (χ4n) is 4.08. The molecular formula is C21H23N3O3S. The predicted molar refractivity (Wildman–Crippen MR) is 109 cm³/mol. The van der Waals surface area contributed by atoms with Crippen molar-refractivity contribution < 1.29 is 13.2 Å². The largest absolute Gasteiger partial charge is 0.323 e. The van der Waals surface area contributed by atoms with Gasteiger partial charge in [-0.15, -0.1) is 0 Å². The molecule has 1 aromatic heterocycles. The fraction of sp³-hybridized carbons (Fsp3) is 0.333. The molecule has 1 aliphatic carbocycles. The van der Waals surface area contributed by atoms with Crippen LogP contribution >= 0.6 is 0 Å². The van der Waals surface area contributed by atoms with Crippen LogP contribution in [-0.2, 0) is 14.6 Å². The Bertz CT molecular complexity index is 1160. The van der Waals surface area contributed by atoms with E-state index in [1.165, 1.54) is 0 Å². The van der Waals surface area contributed by atoms with E-state index in [0.717, 1.165) is 10.9 Å². The Morgan fingerprint density at radius 2 is 1.89 bits per heavy atom. The van der Waals surface area contributed by atoms with Crippen LogP contribution < -0.4 is 5.32 Å². The highest BCUT2D eigenvalue weighted by atomic mass is 32.2. The number of hydrogen-bond donors (Lipinski definition) is 2. The number of H-pyrrole nitrogens is 1. The first-order valence-corrected chi connectivity index (χ1v) is 10.9. The van der Waals surface area contributed by atoms with E-state index in [1.807, 2.05) is 25.1 Å². The molecular weight excluding hydrogens is 374 g/mol. The van der Waals surface area contributed by atoms with Crippen LogP contribution in [0.25, 0.3) is 10.9 Å². The van der Waals surface area contributed by atoms with Crippen LogP contribution in [0.4, 0.5) is 5.69 Å². The summed E-state index contributed by atoms with van der Waals surface area (Å²) in [5, 5.41) is 10.6. The molecule has 1 aliphatic rings. The van der Waals surface area contributed by atoms with Crippen molar-refractivity contribution in [1.29, 1.82) is 0 Å². The Labute approximate surface area is 164 Å². The van der Waals surface area contributed by atoms with Gasteiger partial charge in [0, 0.05) is 5.39 Å². The first-order valence-electron chi connectivity index (χ1n) is 9.41. The number of para-hydroxylation sites is 1. The first-order chi connectivity index (χ1) is 13.3. The molecule has 7 heteroatoms. The van der Waals surface area contributed by atoms with Crippen molar-refractivity contribution in [2.24, 2.45) is 0 Å². The number of hydrogen-bond acceptors (Lipinski definition) is 4. The molecule has 0 spiro atoms. The zero-order valence-electron chi connectivity index (χ0n) is 16.0. The summed E-state index contributed by atoms with van der Waals surface area (Å²) in [7, 11) is -3.85. The van der Waals surface area contributed by atoms with E-state index >= 15 is 0 Å². The zero-order chi connectivity index (χ0) is 19.9.